The maximum atomic E-state index is 9.90. The molecule has 0 amide bonds. The molecule has 0 bridgehead atoms. The minimum atomic E-state index is -0.982. The Morgan fingerprint density at radius 3 is 2.59 bits per heavy atom. The Labute approximate surface area is 101 Å². The molecule has 0 saturated heterocycles. The minimum absolute atomic E-state index is 0.126. The van der Waals surface area contributed by atoms with Crippen molar-refractivity contribution in [2.24, 2.45) is 0 Å². The number of aliphatic hydroxyl groups is 3. The van der Waals surface area contributed by atoms with Gasteiger partial charge in [0, 0.05) is 12.1 Å². The summed E-state index contributed by atoms with van der Waals surface area (Å²) in [5, 5.41) is 31.4. The van der Waals surface area contributed by atoms with Crippen molar-refractivity contribution in [3.05, 3.63) is 29.3 Å². The maximum absolute atomic E-state index is 9.90. The quantitative estimate of drug-likeness (QED) is 0.554. The monoisotopic (exact) mass is 241 g/mol. The van der Waals surface area contributed by atoms with Crippen LogP contribution in [0.25, 0.3) is 0 Å². The molecule has 2 atom stereocenters. The number of hydrogen-bond acceptors (Lipinski definition) is 5. The lowest BCUT2D eigenvalue weighted by molar-refractivity contribution is 0.0201. The lowest BCUT2D eigenvalue weighted by Crippen LogP contribution is -2.29. The minimum Gasteiger partial charge on any atom is -0.496 e. The molecule has 1 rings (SSSR count). The van der Waals surface area contributed by atoms with Gasteiger partial charge in [-0.1, -0.05) is 12.1 Å². The van der Waals surface area contributed by atoms with E-state index in [1.165, 1.54) is 7.11 Å². The summed E-state index contributed by atoms with van der Waals surface area (Å²) in [6, 6.07) is 4.95. The third-order valence-electron chi connectivity index (χ3n) is 2.60. The van der Waals surface area contributed by atoms with Crippen LogP contribution in [0.2, 0.25) is 0 Å². The molecule has 4 N–H and O–H groups in total. The number of methoxy groups -OCH3 is 1. The summed E-state index contributed by atoms with van der Waals surface area (Å²) in [4.78, 5) is 0. The van der Waals surface area contributed by atoms with Crippen LogP contribution in [0.1, 0.15) is 17.2 Å². The molecule has 0 aromatic heterocycles. The second-order valence-corrected chi connectivity index (χ2v) is 3.80. The van der Waals surface area contributed by atoms with E-state index in [1.807, 2.05) is 0 Å². The first kappa shape index (κ1) is 13.9. The van der Waals surface area contributed by atoms with E-state index in [4.69, 9.17) is 9.84 Å². The van der Waals surface area contributed by atoms with E-state index in [2.05, 4.69) is 5.32 Å². The molecule has 0 aliphatic heterocycles. The Balaban J connectivity index is 2.91. The van der Waals surface area contributed by atoms with Gasteiger partial charge < -0.3 is 25.4 Å². The molecule has 2 unspecified atom stereocenters. The van der Waals surface area contributed by atoms with Crippen molar-refractivity contribution in [3.8, 4) is 5.75 Å². The first-order chi connectivity index (χ1) is 8.13. The van der Waals surface area contributed by atoms with E-state index in [0.717, 1.165) is 0 Å². The summed E-state index contributed by atoms with van der Waals surface area (Å²) >= 11 is 0. The summed E-state index contributed by atoms with van der Waals surface area (Å²) in [7, 11) is 3.19. The Morgan fingerprint density at radius 2 is 2.06 bits per heavy atom. The normalized spacial score (nSPS) is 14.4. The smallest absolute Gasteiger partial charge is 0.124 e. The van der Waals surface area contributed by atoms with E-state index < -0.39 is 12.2 Å². The highest BCUT2D eigenvalue weighted by atomic mass is 16.5. The van der Waals surface area contributed by atoms with Crippen LogP contribution in [0, 0.1) is 0 Å². The van der Waals surface area contributed by atoms with Crippen molar-refractivity contribution in [2.45, 2.75) is 18.8 Å². The van der Waals surface area contributed by atoms with Crippen LogP contribution in [0.3, 0.4) is 0 Å². The maximum Gasteiger partial charge on any atom is 0.124 e. The van der Waals surface area contributed by atoms with Gasteiger partial charge in [-0.25, -0.2) is 0 Å². The van der Waals surface area contributed by atoms with Gasteiger partial charge >= 0.3 is 0 Å². The highest BCUT2D eigenvalue weighted by Gasteiger charge is 2.18. The molecular formula is C12H19NO4. The summed E-state index contributed by atoms with van der Waals surface area (Å²) in [5.74, 6) is 0.501. The molecular weight excluding hydrogens is 222 g/mol. The van der Waals surface area contributed by atoms with Crippen molar-refractivity contribution in [1.29, 1.82) is 0 Å². The van der Waals surface area contributed by atoms with Crippen LogP contribution >= 0.6 is 0 Å². The number of benzene rings is 1. The number of likely N-dealkylation sites (N-methyl/N-ethyl adjacent to an activating group) is 1. The van der Waals surface area contributed by atoms with Crippen LogP contribution in [-0.4, -0.2) is 42.1 Å². The van der Waals surface area contributed by atoms with Crippen molar-refractivity contribution < 1.29 is 20.1 Å². The van der Waals surface area contributed by atoms with Gasteiger partial charge in [0.05, 0.1) is 19.8 Å². The number of rotatable bonds is 6. The predicted molar refractivity (Wildman–Crippen MR) is 63.8 cm³/mol. The largest absolute Gasteiger partial charge is 0.496 e. The van der Waals surface area contributed by atoms with E-state index in [-0.39, 0.29) is 6.61 Å². The lowest BCUT2D eigenvalue weighted by atomic mass is 10.0. The Kier molecular flexibility index (Phi) is 5.37. The average molecular weight is 241 g/mol. The van der Waals surface area contributed by atoms with Gasteiger partial charge in [0.25, 0.3) is 0 Å². The first-order valence-electron chi connectivity index (χ1n) is 5.42. The summed E-state index contributed by atoms with van der Waals surface area (Å²) in [6.45, 7) is 0.170. The molecule has 1 aromatic carbocycles. The van der Waals surface area contributed by atoms with E-state index in [1.54, 1.807) is 25.2 Å². The molecule has 0 saturated carbocycles. The van der Waals surface area contributed by atoms with Gasteiger partial charge in [-0.2, -0.15) is 0 Å². The van der Waals surface area contributed by atoms with Crippen LogP contribution in [0.4, 0.5) is 0 Å². The molecule has 17 heavy (non-hydrogen) atoms. The summed E-state index contributed by atoms with van der Waals surface area (Å²) in [6.07, 6.45) is -1.87. The third kappa shape index (κ3) is 3.41. The molecule has 0 heterocycles. The lowest BCUT2D eigenvalue weighted by Gasteiger charge is -2.19. The van der Waals surface area contributed by atoms with E-state index in [9.17, 15) is 10.2 Å². The molecule has 1 aromatic rings. The van der Waals surface area contributed by atoms with Crippen LogP contribution in [0.5, 0.6) is 5.75 Å². The van der Waals surface area contributed by atoms with Crippen LogP contribution in [0.15, 0.2) is 18.2 Å². The second-order valence-electron chi connectivity index (χ2n) is 3.80. The Hall–Kier alpha value is -1.14. The predicted octanol–water partition coefficient (Wildman–Crippen LogP) is -0.199. The zero-order valence-corrected chi connectivity index (χ0v) is 10.1. The van der Waals surface area contributed by atoms with Gasteiger partial charge in [0.2, 0.25) is 0 Å². The van der Waals surface area contributed by atoms with Crippen LogP contribution in [-0.2, 0) is 6.61 Å². The number of aliphatic hydroxyl groups excluding tert-OH is 3. The van der Waals surface area contributed by atoms with Crippen molar-refractivity contribution >= 4 is 0 Å². The second kappa shape index (κ2) is 6.56. The first-order valence-corrected chi connectivity index (χ1v) is 5.42. The molecule has 0 aliphatic carbocycles. The zero-order valence-electron chi connectivity index (χ0n) is 10.1. The summed E-state index contributed by atoms with van der Waals surface area (Å²) < 4.78 is 5.10. The SMILES string of the molecule is CNCC(O)C(O)c1ccc(CO)c(OC)c1. The Bertz CT molecular complexity index is 356. The van der Waals surface area contributed by atoms with Gasteiger partial charge in [-0.15, -0.1) is 0 Å². The standard InChI is InChI=1S/C12H19NO4/c1-13-6-10(15)12(16)8-3-4-9(7-14)11(5-8)17-2/h3-5,10,12-16H,6-7H2,1-2H3. The highest BCUT2D eigenvalue weighted by Crippen LogP contribution is 2.25. The Morgan fingerprint density at radius 1 is 1.35 bits per heavy atom. The number of nitrogens with one attached hydrogen (secondary N) is 1. The fourth-order valence-electron chi connectivity index (χ4n) is 1.62. The molecule has 96 valence electrons. The highest BCUT2D eigenvalue weighted by molar-refractivity contribution is 5.38. The van der Waals surface area contributed by atoms with Gasteiger partial charge in [0.15, 0.2) is 0 Å². The number of ether oxygens (including phenoxy) is 1. The van der Waals surface area contributed by atoms with Crippen LogP contribution < -0.4 is 10.1 Å². The van der Waals surface area contributed by atoms with Gasteiger partial charge in [0.1, 0.15) is 11.9 Å². The molecule has 0 aliphatic rings. The fraction of sp³-hybridized carbons (Fsp3) is 0.500. The fourth-order valence-corrected chi connectivity index (χ4v) is 1.62. The summed E-state index contributed by atoms with van der Waals surface area (Å²) in [5.41, 5.74) is 1.20. The van der Waals surface area contributed by atoms with E-state index in [0.29, 0.717) is 23.4 Å². The van der Waals surface area contributed by atoms with Gasteiger partial charge in [-0.05, 0) is 18.7 Å². The molecule has 0 fully saturated rings. The molecule has 0 spiro atoms. The van der Waals surface area contributed by atoms with E-state index >= 15 is 0 Å². The van der Waals surface area contributed by atoms with Gasteiger partial charge in [-0.3, -0.25) is 0 Å². The molecule has 0 radical (unpaired) electrons. The van der Waals surface area contributed by atoms with Crippen molar-refractivity contribution in [3.63, 3.8) is 0 Å². The third-order valence-corrected chi connectivity index (χ3v) is 2.60. The molecule has 5 nitrogen and oxygen atoms in total. The topological polar surface area (TPSA) is 82.0 Å². The van der Waals surface area contributed by atoms with Crippen molar-refractivity contribution in [2.75, 3.05) is 20.7 Å². The van der Waals surface area contributed by atoms with Crippen molar-refractivity contribution in [1.82, 2.24) is 5.32 Å². The molecule has 5 heteroatoms. The zero-order chi connectivity index (χ0) is 12.8. The average Bonchev–Trinajstić information content (AvgIpc) is 2.37. The number of hydrogen-bond donors (Lipinski definition) is 4.